The van der Waals surface area contributed by atoms with Crippen LogP contribution in [0, 0.1) is 0 Å². The zero-order valence-corrected chi connectivity index (χ0v) is 19.7. The molecule has 0 aliphatic rings. The Morgan fingerprint density at radius 3 is 2.26 bits per heavy atom. The van der Waals surface area contributed by atoms with Gasteiger partial charge in [-0.2, -0.15) is 0 Å². The summed E-state index contributed by atoms with van der Waals surface area (Å²) < 4.78 is 5.31. The van der Waals surface area contributed by atoms with Crippen LogP contribution >= 0.6 is 0 Å². The number of methoxy groups -OCH3 is 1. The van der Waals surface area contributed by atoms with Crippen LogP contribution in [0.3, 0.4) is 0 Å². The minimum Gasteiger partial charge on any atom is -0.497 e. The number of nitrogens with zero attached hydrogens (tertiary/aromatic N) is 1. The van der Waals surface area contributed by atoms with E-state index in [0.717, 1.165) is 23.3 Å². The zero-order chi connectivity index (χ0) is 23.0. The van der Waals surface area contributed by atoms with E-state index in [0.29, 0.717) is 19.4 Å². The van der Waals surface area contributed by atoms with Crippen molar-refractivity contribution >= 4 is 11.8 Å². The fourth-order valence-electron chi connectivity index (χ4n) is 3.36. The summed E-state index contributed by atoms with van der Waals surface area (Å²) in [5.74, 6) is 0.530. The fraction of sp³-hybridized carbons (Fsp3) is 0.462. The largest absolute Gasteiger partial charge is 0.497 e. The number of amides is 2. The van der Waals surface area contributed by atoms with Gasteiger partial charge in [0.2, 0.25) is 11.8 Å². The third-order valence-corrected chi connectivity index (χ3v) is 5.21. The van der Waals surface area contributed by atoms with Crippen molar-refractivity contribution in [3.05, 3.63) is 65.2 Å². The highest BCUT2D eigenvalue weighted by molar-refractivity contribution is 5.87. The molecule has 0 bridgehead atoms. The predicted molar refractivity (Wildman–Crippen MR) is 125 cm³/mol. The summed E-state index contributed by atoms with van der Waals surface area (Å²) in [5.41, 5.74) is 2.97. The van der Waals surface area contributed by atoms with Crippen LogP contribution in [0.4, 0.5) is 0 Å². The number of ether oxygens (including phenoxy) is 1. The van der Waals surface area contributed by atoms with Crippen molar-refractivity contribution in [2.75, 3.05) is 7.11 Å². The first-order valence-corrected chi connectivity index (χ1v) is 10.9. The van der Waals surface area contributed by atoms with E-state index in [1.807, 2.05) is 45.0 Å². The number of benzene rings is 2. The highest BCUT2D eigenvalue weighted by Gasteiger charge is 2.28. The molecule has 168 valence electrons. The van der Waals surface area contributed by atoms with Gasteiger partial charge in [-0.15, -0.1) is 0 Å². The molecule has 31 heavy (non-hydrogen) atoms. The number of hydrogen-bond acceptors (Lipinski definition) is 3. The summed E-state index contributed by atoms with van der Waals surface area (Å²) in [4.78, 5) is 27.7. The van der Waals surface area contributed by atoms with E-state index in [1.165, 1.54) is 5.56 Å². The van der Waals surface area contributed by atoms with Crippen LogP contribution in [-0.4, -0.2) is 35.4 Å². The number of nitrogens with one attached hydrogen (secondary N) is 1. The lowest BCUT2D eigenvalue weighted by Gasteiger charge is -2.31. The molecule has 0 aliphatic heterocycles. The van der Waals surface area contributed by atoms with E-state index >= 15 is 0 Å². The first-order valence-electron chi connectivity index (χ1n) is 10.9. The van der Waals surface area contributed by atoms with Crippen molar-refractivity contribution in [3.63, 3.8) is 0 Å². The Hall–Kier alpha value is -2.82. The van der Waals surface area contributed by atoms with Gasteiger partial charge in [0.15, 0.2) is 0 Å². The zero-order valence-electron chi connectivity index (χ0n) is 19.7. The van der Waals surface area contributed by atoms with Gasteiger partial charge in [-0.3, -0.25) is 9.59 Å². The maximum atomic E-state index is 13.2. The third-order valence-electron chi connectivity index (χ3n) is 5.21. The van der Waals surface area contributed by atoms with Crippen molar-refractivity contribution in [2.45, 2.75) is 72.0 Å². The van der Waals surface area contributed by atoms with Crippen LogP contribution in [0.15, 0.2) is 48.5 Å². The molecule has 1 N–H and O–H groups in total. The van der Waals surface area contributed by atoms with Gasteiger partial charge in [-0.1, -0.05) is 43.3 Å². The summed E-state index contributed by atoms with van der Waals surface area (Å²) >= 11 is 0. The van der Waals surface area contributed by atoms with E-state index in [9.17, 15) is 9.59 Å². The first kappa shape index (κ1) is 24.4. The molecule has 2 aromatic carbocycles. The van der Waals surface area contributed by atoms with Gasteiger partial charge in [0, 0.05) is 18.5 Å². The average molecular weight is 425 g/mol. The maximum Gasteiger partial charge on any atom is 0.242 e. The molecule has 0 aliphatic carbocycles. The molecule has 5 heteroatoms. The van der Waals surface area contributed by atoms with Crippen molar-refractivity contribution < 1.29 is 14.3 Å². The topological polar surface area (TPSA) is 58.6 Å². The molecular formula is C26H36N2O3. The maximum absolute atomic E-state index is 13.2. The lowest BCUT2D eigenvalue weighted by atomic mass is 10.0. The standard InChI is InChI=1S/C26H36N2O3/c1-7-20-11-13-21(14-12-20)15-16-24(29)28(19(2)25(30)27-26(3,4)5)18-22-9-8-10-23(17-22)31-6/h8-14,17,19H,7,15-16,18H2,1-6H3,(H,27,30). The van der Waals surface area contributed by atoms with E-state index in [1.54, 1.807) is 18.9 Å². The Kier molecular flexibility index (Phi) is 8.66. The lowest BCUT2D eigenvalue weighted by Crippen LogP contribution is -2.52. The Bertz CT molecular complexity index is 869. The quantitative estimate of drug-likeness (QED) is 0.644. The second-order valence-corrected chi connectivity index (χ2v) is 8.96. The predicted octanol–water partition coefficient (Wildman–Crippen LogP) is 4.52. The van der Waals surface area contributed by atoms with Gasteiger partial charge in [0.25, 0.3) is 0 Å². The van der Waals surface area contributed by atoms with Gasteiger partial charge in [-0.05, 0) is 69.4 Å². The third kappa shape index (κ3) is 7.74. The van der Waals surface area contributed by atoms with Crippen molar-refractivity contribution in [1.82, 2.24) is 10.2 Å². The molecule has 0 aromatic heterocycles. The Balaban J connectivity index is 2.17. The molecule has 1 atom stereocenters. The van der Waals surface area contributed by atoms with E-state index < -0.39 is 6.04 Å². The van der Waals surface area contributed by atoms with Crippen LogP contribution in [0.5, 0.6) is 5.75 Å². The van der Waals surface area contributed by atoms with Gasteiger partial charge in [-0.25, -0.2) is 0 Å². The summed E-state index contributed by atoms with van der Waals surface area (Å²) in [6.07, 6.45) is 1.99. The molecular weight excluding hydrogens is 388 g/mol. The summed E-state index contributed by atoms with van der Waals surface area (Å²) in [5, 5.41) is 2.99. The molecule has 0 fully saturated rings. The van der Waals surface area contributed by atoms with E-state index in [4.69, 9.17) is 4.74 Å². The van der Waals surface area contributed by atoms with Crippen LogP contribution in [0.25, 0.3) is 0 Å². The first-order chi connectivity index (χ1) is 14.6. The number of aryl methyl sites for hydroxylation is 2. The highest BCUT2D eigenvalue weighted by atomic mass is 16.5. The molecule has 1 unspecified atom stereocenters. The van der Waals surface area contributed by atoms with Crippen LogP contribution in [-0.2, 0) is 29.0 Å². The second kappa shape index (κ2) is 11.0. The lowest BCUT2D eigenvalue weighted by molar-refractivity contribution is -0.141. The fourth-order valence-corrected chi connectivity index (χ4v) is 3.36. The van der Waals surface area contributed by atoms with Crippen LogP contribution in [0.1, 0.15) is 57.7 Å². The number of rotatable bonds is 9. The van der Waals surface area contributed by atoms with Crippen LogP contribution in [0.2, 0.25) is 0 Å². The Morgan fingerprint density at radius 1 is 1.03 bits per heavy atom. The molecule has 2 rings (SSSR count). The van der Waals surface area contributed by atoms with Crippen molar-refractivity contribution in [2.24, 2.45) is 0 Å². The number of hydrogen-bond donors (Lipinski definition) is 1. The SMILES string of the molecule is CCc1ccc(CCC(=O)N(Cc2cccc(OC)c2)C(C)C(=O)NC(C)(C)C)cc1. The molecule has 5 nitrogen and oxygen atoms in total. The Morgan fingerprint density at radius 2 is 1.68 bits per heavy atom. The highest BCUT2D eigenvalue weighted by Crippen LogP contribution is 2.18. The van der Waals surface area contributed by atoms with E-state index in [-0.39, 0.29) is 17.4 Å². The second-order valence-electron chi connectivity index (χ2n) is 8.96. The van der Waals surface area contributed by atoms with Gasteiger partial charge in [0.1, 0.15) is 11.8 Å². The number of carbonyl (C=O) groups is 2. The minimum atomic E-state index is -0.583. The van der Waals surface area contributed by atoms with Crippen LogP contribution < -0.4 is 10.1 Å². The summed E-state index contributed by atoms with van der Waals surface area (Å²) in [7, 11) is 1.62. The van der Waals surface area contributed by atoms with Gasteiger partial charge in [0.05, 0.1) is 7.11 Å². The minimum absolute atomic E-state index is 0.0426. The molecule has 0 radical (unpaired) electrons. The molecule has 0 saturated carbocycles. The molecule has 0 spiro atoms. The number of carbonyl (C=O) groups excluding carboxylic acids is 2. The van der Waals surface area contributed by atoms with Crippen molar-refractivity contribution in [3.8, 4) is 5.75 Å². The molecule has 2 aromatic rings. The van der Waals surface area contributed by atoms with Crippen molar-refractivity contribution in [1.29, 1.82) is 0 Å². The van der Waals surface area contributed by atoms with E-state index in [2.05, 4.69) is 36.5 Å². The molecule has 0 heterocycles. The monoisotopic (exact) mass is 424 g/mol. The smallest absolute Gasteiger partial charge is 0.242 e. The summed E-state index contributed by atoms with van der Waals surface area (Å²) in [6.45, 7) is 10.1. The normalized spacial score (nSPS) is 12.2. The average Bonchev–Trinajstić information content (AvgIpc) is 2.74. The Labute approximate surface area is 186 Å². The molecule has 2 amide bonds. The van der Waals surface area contributed by atoms with Gasteiger partial charge >= 0.3 is 0 Å². The molecule has 0 saturated heterocycles. The van der Waals surface area contributed by atoms with Gasteiger partial charge < -0.3 is 15.0 Å². The summed E-state index contributed by atoms with van der Waals surface area (Å²) in [6, 6.07) is 15.4.